The van der Waals surface area contributed by atoms with Crippen LogP contribution in [-0.2, 0) is 0 Å². The van der Waals surface area contributed by atoms with E-state index in [-0.39, 0.29) is 0 Å². The highest BCUT2D eigenvalue weighted by Gasteiger charge is 2.10. The number of benzene rings is 3. The van der Waals surface area contributed by atoms with Crippen LogP contribution in [0.5, 0.6) is 0 Å². The van der Waals surface area contributed by atoms with Crippen LogP contribution in [0.1, 0.15) is 25.3 Å². The summed E-state index contributed by atoms with van der Waals surface area (Å²) in [4.78, 5) is 0. The third-order valence-corrected chi connectivity index (χ3v) is 4.14. The molecule has 0 amide bonds. The molecule has 1 heteroatoms. The predicted molar refractivity (Wildman–Crippen MR) is 83.2 cm³/mol. The molecule has 3 aromatic carbocycles. The topological polar surface area (TPSA) is 0 Å². The Morgan fingerprint density at radius 2 is 1.50 bits per heavy atom. The van der Waals surface area contributed by atoms with Gasteiger partial charge in [0.2, 0.25) is 0 Å². The van der Waals surface area contributed by atoms with Gasteiger partial charge in [-0.25, -0.2) is 0 Å². The average molecular weight is 299 g/mol. The lowest BCUT2D eigenvalue weighted by Gasteiger charge is -2.13. The minimum absolute atomic E-state index is 0.518. The van der Waals surface area contributed by atoms with Crippen molar-refractivity contribution >= 4 is 37.5 Å². The molecule has 0 fully saturated rings. The minimum Gasteiger partial charge on any atom is -0.0616 e. The molecule has 0 aromatic heterocycles. The maximum absolute atomic E-state index is 3.68. The van der Waals surface area contributed by atoms with Gasteiger partial charge in [-0.05, 0) is 51.2 Å². The summed E-state index contributed by atoms with van der Waals surface area (Å²) < 4.78 is 1.21. The highest BCUT2D eigenvalue weighted by Crippen LogP contribution is 2.34. The second-order valence-corrected chi connectivity index (χ2v) is 5.89. The molecule has 0 saturated heterocycles. The molecule has 0 unspecified atom stereocenters. The molecule has 0 atom stereocenters. The molecule has 90 valence electrons. The monoisotopic (exact) mass is 298 g/mol. The fourth-order valence-corrected chi connectivity index (χ4v) is 3.40. The van der Waals surface area contributed by atoms with Crippen LogP contribution in [0, 0.1) is 0 Å². The molecule has 3 rings (SSSR count). The Hall–Kier alpha value is -1.34. The quantitative estimate of drug-likeness (QED) is 0.492. The van der Waals surface area contributed by atoms with Crippen LogP contribution < -0.4 is 0 Å². The van der Waals surface area contributed by atoms with E-state index >= 15 is 0 Å². The summed E-state index contributed by atoms with van der Waals surface area (Å²) in [5.41, 5.74) is 1.40. The Morgan fingerprint density at radius 1 is 0.833 bits per heavy atom. The largest absolute Gasteiger partial charge is 0.0616 e. The van der Waals surface area contributed by atoms with Gasteiger partial charge in [-0.1, -0.05) is 60.1 Å². The number of hydrogen-bond donors (Lipinski definition) is 0. The number of rotatable bonds is 1. The second kappa shape index (κ2) is 4.40. The minimum atomic E-state index is 0.518. The number of halogens is 1. The van der Waals surface area contributed by atoms with Crippen molar-refractivity contribution in [1.29, 1.82) is 0 Å². The van der Waals surface area contributed by atoms with Gasteiger partial charge < -0.3 is 0 Å². The van der Waals surface area contributed by atoms with Crippen LogP contribution in [0.4, 0.5) is 0 Å². The maximum Gasteiger partial charge on any atom is 0.0216 e. The van der Waals surface area contributed by atoms with E-state index in [1.54, 1.807) is 0 Å². The SMILES string of the molecule is CC(C)c1c(Br)ccc2cc3ccccc3cc12. The zero-order valence-electron chi connectivity index (χ0n) is 10.6. The van der Waals surface area contributed by atoms with Crippen molar-refractivity contribution in [1.82, 2.24) is 0 Å². The fraction of sp³-hybridized carbons (Fsp3) is 0.176. The van der Waals surface area contributed by atoms with Gasteiger partial charge in [0, 0.05) is 4.47 Å². The van der Waals surface area contributed by atoms with Crippen LogP contribution >= 0.6 is 15.9 Å². The molecule has 3 aromatic rings. The van der Waals surface area contributed by atoms with Gasteiger partial charge in [-0.3, -0.25) is 0 Å². The zero-order valence-corrected chi connectivity index (χ0v) is 12.2. The van der Waals surface area contributed by atoms with Crippen LogP contribution in [0.2, 0.25) is 0 Å². The highest BCUT2D eigenvalue weighted by molar-refractivity contribution is 9.10. The first kappa shape index (κ1) is 11.7. The van der Waals surface area contributed by atoms with E-state index < -0.39 is 0 Å². The van der Waals surface area contributed by atoms with Crippen molar-refractivity contribution in [2.24, 2.45) is 0 Å². The summed E-state index contributed by atoms with van der Waals surface area (Å²) in [5, 5.41) is 5.30. The smallest absolute Gasteiger partial charge is 0.0216 e. The number of fused-ring (bicyclic) bond motifs is 2. The predicted octanol–water partition coefficient (Wildman–Crippen LogP) is 5.88. The van der Waals surface area contributed by atoms with Crippen LogP contribution in [0.25, 0.3) is 21.5 Å². The maximum atomic E-state index is 3.68. The second-order valence-electron chi connectivity index (χ2n) is 5.04. The first-order valence-electron chi connectivity index (χ1n) is 6.28. The third kappa shape index (κ3) is 1.83. The van der Waals surface area contributed by atoms with Crippen molar-refractivity contribution in [3.8, 4) is 0 Å². The molecule has 0 aliphatic rings. The van der Waals surface area contributed by atoms with Crippen molar-refractivity contribution in [2.45, 2.75) is 19.8 Å². The molecule has 18 heavy (non-hydrogen) atoms. The highest BCUT2D eigenvalue weighted by atomic mass is 79.9. The van der Waals surface area contributed by atoms with E-state index in [2.05, 4.69) is 78.3 Å². The summed E-state index contributed by atoms with van der Waals surface area (Å²) in [6.07, 6.45) is 0. The van der Waals surface area contributed by atoms with Gasteiger partial charge in [0.05, 0.1) is 0 Å². The van der Waals surface area contributed by atoms with Crippen LogP contribution in [0.3, 0.4) is 0 Å². The van der Waals surface area contributed by atoms with Crippen molar-refractivity contribution in [3.63, 3.8) is 0 Å². The molecule has 0 aliphatic carbocycles. The third-order valence-electron chi connectivity index (χ3n) is 3.45. The first-order valence-corrected chi connectivity index (χ1v) is 7.07. The lowest BCUT2D eigenvalue weighted by Crippen LogP contribution is -1.91. The lowest BCUT2D eigenvalue weighted by molar-refractivity contribution is 0.871. The van der Waals surface area contributed by atoms with Crippen molar-refractivity contribution in [3.05, 3.63) is 58.6 Å². The van der Waals surface area contributed by atoms with Gasteiger partial charge in [0.1, 0.15) is 0 Å². The van der Waals surface area contributed by atoms with Crippen molar-refractivity contribution in [2.75, 3.05) is 0 Å². The Kier molecular flexibility index (Phi) is 2.87. The molecule has 0 nitrogen and oxygen atoms in total. The molecule has 0 heterocycles. The fourth-order valence-electron chi connectivity index (χ4n) is 2.60. The van der Waals surface area contributed by atoms with E-state index in [9.17, 15) is 0 Å². The van der Waals surface area contributed by atoms with Gasteiger partial charge in [0.15, 0.2) is 0 Å². The molecular weight excluding hydrogens is 284 g/mol. The van der Waals surface area contributed by atoms with E-state index in [1.807, 2.05) is 0 Å². The summed E-state index contributed by atoms with van der Waals surface area (Å²) in [5.74, 6) is 0.518. The molecule has 0 spiro atoms. The van der Waals surface area contributed by atoms with E-state index in [4.69, 9.17) is 0 Å². The van der Waals surface area contributed by atoms with Gasteiger partial charge >= 0.3 is 0 Å². The first-order chi connectivity index (χ1) is 8.66. The average Bonchev–Trinajstić information content (AvgIpc) is 2.36. The normalized spacial score (nSPS) is 11.6. The molecule has 0 radical (unpaired) electrons. The summed E-state index contributed by atoms with van der Waals surface area (Å²) >= 11 is 3.68. The van der Waals surface area contributed by atoms with Crippen LogP contribution in [-0.4, -0.2) is 0 Å². The Morgan fingerprint density at radius 3 is 2.17 bits per heavy atom. The lowest BCUT2D eigenvalue weighted by atomic mass is 9.94. The van der Waals surface area contributed by atoms with E-state index in [0.29, 0.717) is 5.92 Å². The van der Waals surface area contributed by atoms with Gasteiger partial charge in [-0.2, -0.15) is 0 Å². The van der Waals surface area contributed by atoms with Crippen molar-refractivity contribution < 1.29 is 0 Å². The van der Waals surface area contributed by atoms with Crippen LogP contribution in [0.15, 0.2) is 53.0 Å². The molecule has 0 saturated carbocycles. The molecule has 0 N–H and O–H groups in total. The standard InChI is InChI=1S/C17H15Br/c1-11(2)17-15-10-13-6-4-3-5-12(13)9-14(15)7-8-16(17)18/h3-11H,1-2H3. The molecular formula is C17H15Br. The van der Waals surface area contributed by atoms with E-state index in [1.165, 1.54) is 31.6 Å². The number of hydrogen-bond acceptors (Lipinski definition) is 0. The zero-order chi connectivity index (χ0) is 12.7. The van der Waals surface area contributed by atoms with Gasteiger partial charge in [0.25, 0.3) is 0 Å². The summed E-state index contributed by atoms with van der Waals surface area (Å²) in [6.45, 7) is 4.49. The Labute approximate surface area is 116 Å². The summed E-state index contributed by atoms with van der Waals surface area (Å²) in [7, 11) is 0. The summed E-state index contributed by atoms with van der Waals surface area (Å²) in [6, 6.07) is 17.5. The van der Waals surface area contributed by atoms with Gasteiger partial charge in [-0.15, -0.1) is 0 Å². The Bertz CT molecular complexity index is 726. The van der Waals surface area contributed by atoms with E-state index in [0.717, 1.165) is 0 Å². The molecule has 0 bridgehead atoms. The molecule has 0 aliphatic heterocycles. The Balaban J connectivity index is 2.46.